The number of amides is 1. The van der Waals surface area contributed by atoms with Crippen molar-refractivity contribution in [2.24, 2.45) is 0 Å². The van der Waals surface area contributed by atoms with Gasteiger partial charge in [0.15, 0.2) is 11.5 Å². The molecule has 2 aromatic carbocycles. The minimum Gasteiger partial charge on any atom is -0.378 e. The number of carbonyl (C=O) groups is 1. The summed E-state index contributed by atoms with van der Waals surface area (Å²) in [6, 6.07) is 14.3. The maximum atomic E-state index is 14.8. The number of aromatic nitrogens is 7. The molecule has 1 saturated heterocycles. The minimum absolute atomic E-state index is 0.0501. The van der Waals surface area contributed by atoms with Crippen LogP contribution in [-0.4, -0.2) is 90.5 Å². The number of ether oxygens (including phenoxy) is 1. The molecule has 12 nitrogen and oxygen atoms in total. The molecule has 0 aliphatic carbocycles. The molecule has 0 spiro atoms. The van der Waals surface area contributed by atoms with Gasteiger partial charge in [0, 0.05) is 44.9 Å². The molecule has 2 aliphatic rings. The van der Waals surface area contributed by atoms with Gasteiger partial charge in [-0.15, -0.1) is 0 Å². The summed E-state index contributed by atoms with van der Waals surface area (Å²) in [6.07, 6.45) is 4.85. The monoisotopic (exact) mass is 636 g/mol. The lowest BCUT2D eigenvalue weighted by Crippen LogP contribution is -2.47. The second-order valence-corrected chi connectivity index (χ2v) is 11.9. The van der Waals surface area contributed by atoms with Crippen LogP contribution < -0.4 is 10.2 Å². The number of para-hydroxylation sites is 1. The van der Waals surface area contributed by atoms with Gasteiger partial charge in [0.1, 0.15) is 35.5 Å². The quantitative estimate of drug-likeness (QED) is 0.307. The lowest BCUT2D eigenvalue weighted by molar-refractivity contribution is -0.132. The average molecular weight is 637 g/mol. The first-order valence-corrected chi connectivity index (χ1v) is 15.2. The van der Waals surface area contributed by atoms with Crippen molar-refractivity contribution >= 4 is 39.6 Å². The van der Waals surface area contributed by atoms with Crippen LogP contribution in [0.2, 0.25) is 0 Å². The molecular formula is C33H30F2N10O2. The number of nitrogens with one attached hydrogen (secondary N) is 1. The maximum absolute atomic E-state index is 14.8. The van der Waals surface area contributed by atoms with E-state index in [1.54, 1.807) is 31.6 Å². The maximum Gasteiger partial charge on any atom is 0.245 e. The van der Waals surface area contributed by atoms with E-state index in [1.165, 1.54) is 23.1 Å². The lowest BCUT2D eigenvalue weighted by atomic mass is 10.1. The summed E-state index contributed by atoms with van der Waals surface area (Å²) >= 11 is 0. The summed E-state index contributed by atoms with van der Waals surface area (Å²) in [7, 11) is 3.42. The highest BCUT2D eigenvalue weighted by molar-refractivity contribution is 5.93. The molecule has 8 rings (SSSR count). The van der Waals surface area contributed by atoms with Crippen LogP contribution in [0.5, 0.6) is 0 Å². The first-order valence-electron chi connectivity index (χ1n) is 15.2. The van der Waals surface area contributed by atoms with Gasteiger partial charge in [0.05, 0.1) is 47.3 Å². The van der Waals surface area contributed by atoms with Crippen LogP contribution in [0, 0.1) is 11.6 Å². The Hall–Kier alpha value is -5.50. The smallest absolute Gasteiger partial charge is 0.245 e. The summed E-state index contributed by atoms with van der Waals surface area (Å²) in [6.45, 7) is 1.24. The van der Waals surface area contributed by atoms with Gasteiger partial charge >= 0.3 is 0 Å². The summed E-state index contributed by atoms with van der Waals surface area (Å²) in [5.41, 5.74) is 3.92. The van der Waals surface area contributed by atoms with Crippen LogP contribution in [-0.2, 0) is 16.1 Å². The van der Waals surface area contributed by atoms with Crippen LogP contribution >= 0.6 is 0 Å². The molecule has 0 radical (unpaired) electrons. The van der Waals surface area contributed by atoms with E-state index in [0.717, 1.165) is 28.4 Å². The molecule has 6 heterocycles. The molecule has 4 bridgehead atoms. The van der Waals surface area contributed by atoms with Gasteiger partial charge in [0.25, 0.3) is 0 Å². The Labute approximate surface area is 267 Å². The molecule has 47 heavy (non-hydrogen) atoms. The number of halogens is 2. The van der Waals surface area contributed by atoms with E-state index in [-0.39, 0.29) is 23.7 Å². The summed E-state index contributed by atoms with van der Waals surface area (Å²) in [5, 5.41) is 8.46. The van der Waals surface area contributed by atoms with Gasteiger partial charge in [0.2, 0.25) is 5.91 Å². The van der Waals surface area contributed by atoms with Crippen LogP contribution in [0.1, 0.15) is 6.42 Å². The Morgan fingerprint density at radius 3 is 2.72 bits per heavy atom. The summed E-state index contributed by atoms with van der Waals surface area (Å²) in [4.78, 5) is 36.5. The van der Waals surface area contributed by atoms with Crippen molar-refractivity contribution in [2.45, 2.75) is 31.2 Å². The molecule has 1 unspecified atom stereocenters. The van der Waals surface area contributed by atoms with Crippen molar-refractivity contribution in [2.75, 3.05) is 37.5 Å². The van der Waals surface area contributed by atoms with E-state index in [9.17, 15) is 13.6 Å². The van der Waals surface area contributed by atoms with Crippen molar-refractivity contribution in [3.63, 3.8) is 0 Å². The van der Waals surface area contributed by atoms with Gasteiger partial charge in [-0.2, -0.15) is 5.10 Å². The van der Waals surface area contributed by atoms with E-state index in [0.29, 0.717) is 48.7 Å². The number of likely N-dealkylation sites (N-methyl/N-ethyl adjacent to an activating group) is 1. The number of hydrogen-bond acceptors (Lipinski definition) is 9. The lowest BCUT2D eigenvalue weighted by Gasteiger charge is -2.30. The average Bonchev–Trinajstić information content (AvgIpc) is 3.81. The van der Waals surface area contributed by atoms with Crippen molar-refractivity contribution in [3.8, 4) is 16.9 Å². The third kappa shape index (κ3) is 5.01. The number of methoxy groups -OCH3 is 1. The second-order valence-electron chi connectivity index (χ2n) is 11.9. The number of hydrogen-bond donors (Lipinski definition) is 1. The molecule has 1 fully saturated rings. The number of benzene rings is 2. The van der Waals surface area contributed by atoms with E-state index in [1.807, 2.05) is 41.3 Å². The number of rotatable bonds is 3. The molecular weight excluding hydrogens is 606 g/mol. The molecule has 6 aromatic rings. The predicted molar refractivity (Wildman–Crippen MR) is 171 cm³/mol. The Morgan fingerprint density at radius 2 is 1.87 bits per heavy atom. The summed E-state index contributed by atoms with van der Waals surface area (Å²) in [5.74, 6) is -0.407. The number of anilines is 2. The molecule has 2 aliphatic heterocycles. The number of carbonyl (C=O) groups excluding carboxylic acids is 1. The molecule has 14 heteroatoms. The topological polar surface area (TPSA) is 119 Å². The Balaban J connectivity index is 1.21. The molecule has 4 aromatic heterocycles. The predicted octanol–water partition coefficient (Wildman–Crippen LogP) is 4.05. The second kappa shape index (κ2) is 11.4. The zero-order valence-corrected chi connectivity index (χ0v) is 25.6. The number of imidazole rings is 1. The number of pyridine rings is 1. The Kier molecular flexibility index (Phi) is 7.01. The van der Waals surface area contributed by atoms with Gasteiger partial charge in [-0.05, 0) is 36.8 Å². The number of nitrogens with zero attached hydrogens (tertiary/aromatic N) is 9. The standard InChI is InChI=1S/C33H30F2N10O2/c1-42-15-21(47-2)16-43-18-38-26-7-3-5-22(30(26)43)25-6-4-8-29(41-25)40-20-12-28(33(42)46)44(14-20)31-23-13-39-45(32(23)37-17-36-31)27-10-9-19(34)11-24(27)35/h3-11,13,17-18,20-21,28H,12,14-16H2,1-2H3,(H,40,41)/t20-,21?,28-/m0/s1. The van der Waals surface area contributed by atoms with E-state index in [2.05, 4.69) is 29.9 Å². The normalized spacial score (nSPS) is 20.0. The Morgan fingerprint density at radius 1 is 1.00 bits per heavy atom. The van der Waals surface area contributed by atoms with Crippen LogP contribution in [0.25, 0.3) is 39.0 Å². The fourth-order valence-electron chi connectivity index (χ4n) is 6.72. The SMILES string of the molecule is COC1CN(C)C(=O)[C@@H]2C[C@@H](CN2c2ncnc3c2cnn3-c2ccc(F)cc2F)Nc2cccc(n2)-c2cccc3ncn(c23)C1. The van der Waals surface area contributed by atoms with Crippen molar-refractivity contribution < 1.29 is 18.3 Å². The van der Waals surface area contributed by atoms with E-state index < -0.39 is 17.7 Å². The van der Waals surface area contributed by atoms with Crippen LogP contribution in [0.15, 0.2) is 73.4 Å². The third-order valence-corrected chi connectivity index (χ3v) is 8.94. The van der Waals surface area contributed by atoms with Gasteiger partial charge in [-0.25, -0.2) is 33.4 Å². The van der Waals surface area contributed by atoms with Gasteiger partial charge < -0.3 is 24.4 Å². The van der Waals surface area contributed by atoms with Crippen LogP contribution in [0.4, 0.5) is 20.4 Å². The molecule has 1 amide bonds. The largest absolute Gasteiger partial charge is 0.378 e. The van der Waals surface area contributed by atoms with Gasteiger partial charge in [-0.1, -0.05) is 18.2 Å². The van der Waals surface area contributed by atoms with Crippen LogP contribution in [0.3, 0.4) is 0 Å². The zero-order chi connectivity index (χ0) is 32.2. The van der Waals surface area contributed by atoms with Crippen molar-refractivity contribution in [1.82, 2.24) is 39.2 Å². The molecule has 0 saturated carbocycles. The zero-order valence-electron chi connectivity index (χ0n) is 25.6. The van der Waals surface area contributed by atoms with E-state index in [4.69, 9.17) is 9.72 Å². The molecule has 1 N–H and O–H groups in total. The van der Waals surface area contributed by atoms with E-state index >= 15 is 0 Å². The highest BCUT2D eigenvalue weighted by atomic mass is 19.1. The third-order valence-electron chi connectivity index (χ3n) is 8.94. The molecule has 238 valence electrons. The fraction of sp³-hybridized carbons (Fsp3) is 0.273. The fourth-order valence-corrected chi connectivity index (χ4v) is 6.72. The first-order chi connectivity index (χ1) is 22.9. The first kappa shape index (κ1) is 28.9. The van der Waals surface area contributed by atoms with Crippen molar-refractivity contribution in [3.05, 3.63) is 85.1 Å². The van der Waals surface area contributed by atoms with Gasteiger partial charge in [-0.3, -0.25) is 4.79 Å². The minimum atomic E-state index is -0.773. The highest BCUT2D eigenvalue weighted by Gasteiger charge is 2.40. The summed E-state index contributed by atoms with van der Waals surface area (Å²) < 4.78 is 37.7. The highest BCUT2D eigenvalue weighted by Crippen LogP contribution is 2.34. The van der Waals surface area contributed by atoms with Crippen molar-refractivity contribution in [1.29, 1.82) is 0 Å². The number of fused-ring (bicyclic) bond motifs is 6. The Bertz CT molecular complexity index is 2150. The molecule has 3 atom stereocenters.